The Morgan fingerprint density at radius 3 is 2.60 bits per heavy atom. The molecule has 2 heterocycles. The van der Waals surface area contributed by atoms with Crippen molar-refractivity contribution in [2.75, 3.05) is 4.90 Å². The van der Waals surface area contributed by atoms with Crippen LogP contribution in [0.4, 0.5) is 5.69 Å². The van der Waals surface area contributed by atoms with Crippen molar-refractivity contribution in [3.8, 4) is 0 Å². The number of hydrogen-bond donors (Lipinski definition) is 0. The molecule has 6 heteroatoms. The molecule has 1 amide bonds. The van der Waals surface area contributed by atoms with Crippen LogP contribution in [-0.2, 0) is 11.3 Å². The summed E-state index contributed by atoms with van der Waals surface area (Å²) in [5, 5.41) is 3.68. The number of Topliss-reactive ketones (excluding diaryl/α,β-unsaturated/α-hetero) is 1. The van der Waals surface area contributed by atoms with Crippen LogP contribution >= 0.6 is 0 Å². The molecule has 0 bridgehead atoms. The van der Waals surface area contributed by atoms with Crippen molar-refractivity contribution < 1.29 is 14.1 Å². The molecule has 1 aromatic heterocycles. The number of anilines is 1. The van der Waals surface area contributed by atoms with E-state index in [1.54, 1.807) is 6.92 Å². The highest BCUT2D eigenvalue weighted by molar-refractivity contribution is 6.52. The Balaban J connectivity index is 2.06. The van der Waals surface area contributed by atoms with Crippen LogP contribution in [0, 0.1) is 20.8 Å². The summed E-state index contributed by atoms with van der Waals surface area (Å²) in [6, 6.07) is 3.72. The third-order valence-electron chi connectivity index (χ3n) is 3.28. The van der Waals surface area contributed by atoms with E-state index in [0.717, 1.165) is 11.1 Å². The lowest BCUT2D eigenvalue weighted by Gasteiger charge is -2.14. The summed E-state index contributed by atoms with van der Waals surface area (Å²) < 4.78 is 5.02. The number of ketones is 1. The standard InChI is InChI=1S/C14H13N3O3/c1-7-4-8(2)12-10(5-7)17(14(19)13(12)18)6-11-15-9(3)16-20-11/h4-5H,6H2,1-3H3. The van der Waals surface area contributed by atoms with Crippen LogP contribution in [0.3, 0.4) is 0 Å². The van der Waals surface area contributed by atoms with Crippen molar-refractivity contribution in [3.05, 3.63) is 40.5 Å². The largest absolute Gasteiger partial charge is 0.337 e. The molecule has 0 fully saturated rings. The van der Waals surface area contributed by atoms with Crippen molar-refractivity contribution in [1.29, 1.82) is 0 Å². The van der Waals surface area contributed by atoms with Crippen LogP contribution in [0.5, 0.6) is 0 Å². The first kappa shape index (κ1) is 12.5. The van der Waals surface area contributed by atoms with Gasteiger partial charge in [0.2, 0.25) is 5.89 Å². The SMILES string of the molecule is Cc1cc(C)c2c(c1)N(Cc1nc(C)no1)C(=O)C2=O. The Morgan fingerprint density at radius 2 is 1.95 bits per heavy atom. The second-order valence-corrected chi connectivity index (χ2v) is 4.93. The minimum atomic E-state index is -0.551. The second kappa shape index (κ2) is 4.26. The fourth-order valence-corrected chi connectivity index (χ4v) is 2.49. The third kappa shape index (κ3) is 1.80. The van der Waals surface area contributed by atoms with Crippen LogP contribution in [-0.4, -0.2) is 21.8 Å². The fourth-order valence-electron chi connectivity index (χ4n) is 2.49. The van der Waals surface area contributed by atoms with Crippen molar-refractivity contribution >= 4 is 17.4 Å². The van der Waals surface area contributed by atoms with Gasteiger partial charge in [0.25, 0.3) is 11.7 Å². The molecular formula is C14H13N3O3. The van der Waals surface area contributed by atoms with E-state index in [2.05, 4.69) is 10.1 Å². The summed E-state index contributed by atoms with van der Waals surface area (Å²) in [6.45, 7) is 5.57. The van der Waals surface area contributed by atoms with Gasteiger partial charge in [-0.05, 0) is 38.0 Å². The molecule has 3 rings (SSSR count). The Morgan fingerprint density at radius 1 is 1.20 bits per heavy atom. The highest BCUT2D eigenvalue weighted by atomic mass is 16.5. The van der Waals surface area contributed by atoms with Crippen LogP contribution < -0.4 is 4.90 Å². The lowest BCUT2D eigenvalue weighted by Crippen LogP contribution is -2.29. The zero-order valence-corrected chi connectivity index (χ0v) is 11.4. The van der Waals surface area contributed by atoms with Gasteiger partial charge in [-0.15, -0.1) is 0 Å². The van der Waals surface area contributed by atoms with Crippen LogP contribution in [0.1, 0.15) is 33.2 Å². The summed E-state index contributed by atoms with van der Waals surface area (Å²) in [4.78, 5) is 29.7. The van der Waals surface area contributed by atoms with E-state index in [1.165, 1.54) is 4.90 Å². The van der Waals surface area contributed by atoms with Gasteiger partial charge in [0.15, 0.2) is 5.82 Å². The second-order valence-electron chi connectivity index (χ2n) is 4.93. The first-order valence-electron chi connectivity index (χ1n) is 6.24. The molecule has 1 aliphatic rings. The van der Waals surface area contributed by atoms with Gasteiger partial charge in [-0.3, -0.25) is 14.5 Å². The summed E-state index contributed by atoms with van der Waals surface area (Å²) in [5.74, 6) is -0.215. The molecular weight excluding hydrogens is 258 g/mol. The van der Waals surface area contributed by atoms with Gasteiger partial charge in [0.1, 0.15) is 6.54 Å². The van der Waals surface area contributed by atoms with Gasteiger partial charge in [-0.1, -0.05) is 11.2 Å². The number of carbonyl (C=O) groups is 2. The number of rotatable bonds is 2. The average molecular weight is 271 g/mol. The van der Waals surface area contributed by atoms with Crippen molar-refractivity contribution in [1.82, 2.24) is 10.1 Å². The maximum atomic E-state index is 12.1. The topological polar surface area (TPSA) is 76.3 Å². The molecule has 0 saturated carbocycles. The maximum absolute atomic E-state index is 12.1. The fraction of sp³-hybridized carbons (Fsp3) is 0.286. The molecule has 1 aromatic carbocycles. The Bertz CT molecular complexity index is 733. The van der Waals surface area contributed by atoms with E-state index in [4.69, 9.17) is 4.52 Å². The maximum Gasteiger partial charge on any atom is 0.299 e. The highest BCUT2D eigenvalue weighted by Gasteiger charge is 2.37. The lowest BCUT2D eigenvalue weighted by atomic mass is 10.0. The number of aromatic nitrogens is 2. The van der Waals surface area contributed by atoms with Crippen LogP contribution in [0.25, 0.3) is 0 Å². The van der Waals surface area contributed by atoms with Crippen molar-refractivity contribution in [3.63, 3.8) is 0 Å². The zero-order valence-electron chi connectivity index (χ0n) is 11.4. The molecule has 0 spiro atoms. The van der Waals surface area contributed by atoms with Crippen LogP contribution in [0.15, 0.2) is 16.7 Å². The lowest BCUT2D eigenvalue weighted by molar-refractivity contribution is -0.114. The van der Waals surface area contributed by atoms with Gasteiger partial charge in [-0.25, -0.2) is 0 Å². The smallest absolute Gasteiger partial charge is 0.299 e. The Hall–Kier alpha value is -2.50. The summed E-state index contributed by atoms with van der Waals surface area (Å²) in [6.07, 6.45) is 0. The molecule has 1 aliphatic heterocycles. The van der Waals surface area contributed by atoms with Gasteiger partial charge < -0.3 is 4.52 Å². The normalized spacial score (nSPS) is 14.1. The van der Waals surface area contributed by atoms with Gasteiger partial charge >= 0.3 is 0 Å². The third-order valence-corrected chi connectivity index (χ3v) is 3.28. The minimum absolute atomic E-state index is 0.112. The molecule has 0 saturated heterocycles. The number of hydrogen-bond acceptors (Lipinski definition) is 5. The molecule has 102 valence electrons. The van der Waals surface area contributed by atoms with Crippen molar-refractivity contribution in [2.24, 2.45) is 0 Å². The monoisotopic (exact) mass is 271 g/mol. The van der Waals surface area contributed by atoms with Crippen molar-refractivity contribution in [2.45, 2.75) is 27.3 Å². The average Bonchev–Trinajstić information content (AvgIpc) is 2.87. The molecule has 0 atom stereocenters. The summed E-state index contributed by atoms with van der Waals surface area (Å²) in [7, 11) is 0. The number of fused-ring (bicyclic) bond motifs is 1. The van der Waals surface area contributed by atoms with E-state index in [9.17, 15) is 9.59 Å². The van der Waals surface area contributed by atoms with Gasteiger partial charge in [-0.2, -0.15) is 4.98 Å². The first-order chi connectivity index (χ1) is 9.47. The Kier molecular flexibility index (Phi) is 2.67. The highest BCUT2D eigenvalue weighted by Crippen LogP contribution is 2.33. The predicted molar refractivity (Wildman–Crippen MR) is 70.5 cm³/mol. The van der Waals surface area contributed by atoms with E-state index in [0.29, 0.717) is 23.0 Å². The first-order valence-corrected chi connectivity index (χ1v) is 6.24. The molecule has 2 aromatic rings. The summed E-state index contributed by atoms with van der Waals surface area (Å²) >= 11 is 0. The molecule has 0 N–H and O–H groups in total. The zero-order chi connectivity index (χ0) is 14.4. The van der Waals surface area contributed by atoms with E-state index >= 15 is 0 Å². The Labute approximate surface area is 115 Å². The predicted octanol–water partition coefficient (Wildman–Crippen LogP) is 1.72. The number of amides is 1. The van der Waals surface area contributed by atoms with Crippen LogP contribution in [0.2, 0.25) is 0 Å². The van der Waals surface area contributed by atoms with E-state index < -0.39 is 11.7 Å². The number of carbonyl (C=O) groups excluding carboxylic acids is 2. The van der Waals surface area contributed by atoms with Gasteiger partial charge in [0.05, 0.1) is 11.3 Å². The van der Waals surface area contributed by atoms with Gasteiger partial charge in [0, 0.05) is 0 Å². The molecule has 6 nitrogen and oxygen atoms in total. The molecule has 0 aliphatic carbocycles. The molecule has 0 radical (unpaired) electrons. The van der Waals surface area contributed by atoms with E-state index in [1.807, 2.05) is 26.0 Å². The number of nitrogens with zero attached hydrogens (tertiary/aromatic N) is 3. The molecule has 20 heavy (non-hydrogen) atoms. The summed E-state index contributed by atoms with van der Waals surface area (Å²) in [5.41, 5.74) is 2.89. The van der Waals surface area contributed by atoms with E-state index in [-0.39, 0.29) is 6.54 Å². The molecule has 0 unspecified atom stereocenters. The number of benzene rings is 1. The number of aryl methyl sites for hydroxylation is 3. The quantitative estimate of drug-likeness (QED) is 0.777. The minimum Gasteiger partial charge on any atom is -0.337 e.